The lowest BCUT2D eigenvalue weighted by Gasteiger charge is -2.28. The van der Waals surface area contributed by atoms with Crippen molar-refractivity contribution in [2.24, 2.45) is 0 Å². The van der Waals surface area contributed by atoms with Gasteiger partial charge in [0.15, 0.2) is 0 Å². The van der Waals surface area contributed by atoms with Gasteiger partial charge in [-0.2, -0.15) is 0 Å². The van der Waals surface area contributed by atoms with E-state index < -0.39 is 0 Å². The molecule has 1 N–H and O–H groups in total. The zero-order valence-corrected chi connectivity index (χ0v) is 14.0. The Morgan fingerprint density at radius 3 is 2.50 bits per heavy atom. The summed E-state index contributed by atoms with van der Waals surface area (Å²) in [6.45, 7) is 2.73. The molecule has 2 rings (SSSR count). The summed E-state index contributed by atoms with van der Waals surface area (Å²) in [5, 5.41) is 3.20. The number of carbonyl (C=O) groups excluding carboxylic acids is 1. The maximum atomic E-state index is 12.4. The maximum Gasteiger partial charge on any atom is 0.237 e. The molecule has 0 aliphatic heterocycles. The van der Waals surface area contributed by atoms with Crippen LogP contribution in [0.25, 0.3) is 0 Å². The standard InChI is InChI=1S/C18H28N2O2/c1-14(18(21)19-16-7-5-4-6-8-16)20(2)13-15-9-11-17(22-3)12-10-15/h9-12,14,16H,4-8,13H2,1-3H3,(H,19,21)/t14-/m1/s1. The Balaban J connectivity index is 1.84. The molecule has 1 aliphatic rings. The van der Waals surface area contributed by atoms with Crippen molar-refractivity contribution in [2.45, 2.75) is 57.7 Å². The highest BCUT2D eigenvalue weighted by atomic mass is 16.5. The highest BCUT2D eigenvalue weighted by Crippen LogP contribution is 2.18. The molecular weight excluding hydrogens is 276 g/mol. The van der Waals surface area contributed by atoms with Crippen molar-refractivity contribution >= 4 is 5.91 Å². The molecule has 4 heteroatoms. The first-order valence-electron chi connectivity index (χ1n) is 8.23. The van der Waals surface area contributed by atoms with Gasteiger partial charge in [-0.05, 0) is 44.5 Å². The fourth-order valence-electron chi connectivity index (χ4n) is 2.92. The lowest BCUT2D eigenvalue weighted by molar-refractivity contribution is -0.126. The molecule has 0 spiro atoms. The number of benzene rings is 1. The second-order valence-electron chi connectivity index (χ2n) is 6.28. The van der Waals surface area contributed by atoms with Crippen molar-refractivity contribution in [3.63, 3.8) is 0 Å². The Bertz CT molecular complexity index is 466. The fraction of sp³-hybridized carbons (Fsp3) is 0.611. The van der Waals surface area contributed by atoms with Gasteiger partial charge in [0.2, 0.25) is 5.91 Å². The molecule has 0 aromatic heterocycles. The van der Waals surface area contributed by atoms with Crippen LogP contribution in [0.1, 0.15) is 44.6 Å². The number of likely N-dealkylation sites (N-methyl/N-ethyl adjacent to an activating group) is 1. The molecule has 0 radical (unpaired) electrons. The molecule has 1 atom stereocenters. The normalized spacial score (nSPS) is 17.3. The van der Waals surface area contributed by atoms with Gasteiger partial charge in [-0.3, -0.25) is 9.69 Å². The summed E-state index contributed by atoms with van der Waals surface area (Å²) >= 11 is 0. The van der Waals surface area contributed by atoms with Crippen LogP contribution >= 0.6 is 0 Å². The Labute approximate surface area is 133 Å². The van der Waals surface area contributed by atoms with E-state index in [9.17, 15) is 4.79 Å². The number of methoxy groups -OCH3 is 1. The summed E-state index contributed by atoms with van der Waals surface area (Å²) in [5.74, 6) is 0.998. The number of nitrogens with one attached hydrogen (secondary N) is 1. The average molecular weight is 304 g/mol. The van der Waals surface area contributed by atoms with E-state index in [0.717, 1.165) is 25.1 Å². The molecule has 1 aromatic carbocycles. The topological polar surface area (TPSA) is 41.6 Å². The molecule has 22 heavy (non-hydrogen) atoms. The van der Waals surface area contributed by atoms with Crippen LogP contribution in [0.5, 0.6) is 5.75 Å². The van der Waals surface area contributed by atoms with Crippen LogP contribution in [0, 0.1) is 0 Å². The smallest absolute Gasteiger partial charge is 0.237 e. The molecule has 0 heterocycles. The molecule has 0 saturated heterocycles. The van der Waals surface area contributed by atoms with E-state index in [2.05, 4.69) is 10.2 Å². The van der Waals surface area contributed by atoms with Gasteiger partial charge in [-0.15, -0.1) is 0 Å². The Kier molecular flexibility index (Phi) is 6.25. The van der Waals surface area contributed by atoms with Crippen LogP contribution in [0.2, 0.25) is 0 Å². The number of nitrogens with zero attached hydrogens (tertiary/aromatic N) is 1. The predicted molar refractivity (Wildman–Crippen MR) is 88.9 cm³/mol. The maximum absolute atomic E-state index is 12.4. The lowest BCUT2D eigenvalue weighted by atomic mass is 9.95. The number of rotatable bonds is 6. The molecule has 1 fully saturated rings. The highest BCUT2D eigenvalue weighted by molar-refractivity contribution is 5.81. The van der Waals surface area contributed by atoms with Crippen LogP contribution in [0.15, 0.2) is 24.3 Å². The van der Waals surface area contributed by atoms with E-state index in [1.807, 2.05) is 38.2 Å². The number of hydrogen-bond donors (Lipinski definition) is 1. The van der Waals surface area contributed by atoms with Crippen LogP contribution in [0.4, 0.5) is 0 Å². The Hall–Kier alpha value is -1.55. The van der Waals surface area contributed by atoms with Crippen molar-refractivity contribution in [2.75, 3.05) is 14.2 Å². The summed E-state index contributed by atoms with van der Waals surface area (Å²) < 4.78 is 5.17. The van der Waals surface area contributed by atoms with E-state index >= 15 is 0 Å². The number of hydrogen-bond acceptors (Lipinski definition) is 3. The van der Waals surface area contributed by atoms with Gasteiger partial charge in [0.25, 0.3) is 0 Å². The summed E-state index contributed by atoms with van der Waals surface area (Å²) in [7, 11) is 3.66. The predicted octanol–water partition coefficient (Wildman–Crippen LogP) is 2.96. The zero-order chi connectivity index (χ0) is 15.9. The molecule has 4 nitrogen and oxygen atoms in total. The van der Waals surface area contributed by atoms with Crippen molar-refractivity contribution < 1.29 is 9.53 Å². The molecule has 1 aliphatic carbocycles. The highest BCUT2D eigenvalue weighted by Gasteiger charge is 2.22. The van der Waals surface area contributed by atoms with Crippen LogP contribution in [-0.2, 0) is 11.3 Å². The van der Waals surface area contributed by atoms with Gasteiger partial charge in [0.05, 0.1) is 13.2 Å². The van der Waals surface area contributed by atoms with E-state index in [0.29, 0.717) is 6.04 Å². The minimum absolute atomic E-state index is 0.121. The average Bonchev–Trinajstić information content (AvgIpc) is 2.55. The van der Waals surface area contributed by atoms with E-state index in [1.165, 1.54) is 24.8 Å². The largest absolute Gasteiger partial charge is 0.497 e. The molecule has 0 unspecified atom stereocenters. The first-order chi connectivity index (χ1) is 10.6. The second-order valence-corrected chi connectivity index (χ2v) is 6.28. The molecule has 1 aromatic rings. The first-order valence-corrected chi connectivity index (χ1v) is 8.23. The summed E-state index contributed by atoms with van der Waals surface area (Å²) in [6, 6.07) is 8.25. The third kappa shape index (κ3) is 4.73. The Morgan fingerprint density at radius 2 is 1.91 bits per heavy atom. The van der Waals surface area contributed by atoms with Gasteiger partial charge >= 0.3 is 0 Å². The van der Waals surface area contributed by atoms with Gasteiger partial charge in [-0.1, -0.05) is 31.4 Å². The monoisotopic (exact) mass is 304 g/mol. The summed E-state index contributed by atoms with van der Waals surface area (Å²) in [4.78, 5) is 14.5. The minimum atomic E-state index is -0.121. The number of ether oxygens (including phenoxy) is 1. The quantitative estimate of drug-likeness (QED) is 0.878. The van der Waals surface area contributed by atoms with E-state index in [1.54, 1.807) is 7.11 Å². The van der Waals surface area contributed by atoms with E-state index in [-0.39, 0.29) is 11.9 Å². The fourth-order valence-corrected chi connectivity index (χ4v) is 2.92. The third-order valence-corrected chi connectivity index (χ3v) is 4.58. The van der Waals surface area contributed by atoms with Gasteiger partial charge in [0.1, 0.15) is 5.75 Å². The molecule has 1 saturated carbocycles. The zero-order valence-electron chi connectivity index (χ0n) is 14.0. The van der Waals surface area contributed by atoms with Crippen LogP contribution in [-0.4, -0.2) is 37.0 Å². The SMILES string of the molecule is COc1ccc(CN(C)[C@H](C)C(=O)NC2CCCCC2)cc1. The molecular formula is C18H28N2O2. The Morgan fingerprint density at radius 1 is 1.27 bits per heavy atom. The minimum Gasteiger partial charge on any atom is -0.497 e. The lowest BCUT2D eigenvalue weighted by Crippen LogP contribution is -2.47. The van der Waals surface area contributed by atoms with Crippen molar-refractivity contribution in [3.8, 4) is 5.75 Å². The van der Waals surface area contributed by atoms with Gasteiger partial charge in [0, 0.05) is 12.6 Å². The molecule has 122 valence electrons. The number of amides is 1. The van der Waals surface area contributed by atoms with Crippen molar-refractivity contribution in [3.05, 3.63) is 29.8 Å². The summed E-state index contributed by atoms with van der Waals surface area (Å²) in [5.41, 5.74) is 1.18. The van der Waals surface area contributed by atoms with Crippen molar-refractivity contribution in [1.29, 1.82) is 0 Å². The van der Waals surface area contributed by atoms with Crippen molar-refractivity contribution in [1.82, 2.24) is 10.2 Å². The van der Waals surface area contributed by atoms with Crippen LogP contribution < -0.4 is 10.1 Å². The molecule has 1 amide bonds. The van der Waals surface area contributed by atoms with Crippen LogP contribution in [0.3, 0.4) is 0 Å². The number of carbonyl (C=O) groups is 1. The van der Waals surface area contributed by atoms with E-state index in [4.69, 9.17) is 4.74 Å². The van der Waals surface area contributed by atoms with Gasteiger partial charge < -0.3 is 10.1 Å². The third-order valence-electron chi connectivity index (χ3n) is 4.58. The first kappa shape index (κ1) is 16.8. The molecule has 0 bridgehead atoms. The second kappa shape index (κ2) is 8.18. The summed E-state index contributed by atoms with van der Waals surface area (Å²) in [6.07, 6.45) is 6.03. The van der Waals surface area contributed by atoms with Gasteiger partial charge in [-0.25, -0.2) is 0 Å².